The molecule has 0 saturated carbocycles. The van der Waals surface area contributed by atoms with Crippen LogP contribution >= 0.6 is 11.6 Å². The van der Waals surface area contributed by atoms with Gasteiger partial charge in [-0.3, -0.25) is 9.78 Å². The molecule has 0 atom stereocenters. The normalized spacial score (nSPS) is 15.2. The molecule has 0 spiro atoms. The van der Waals surface area contributed by atoms with Gasteiger partial charge < -0.3 is 9.80 Å². The first-order chi connectivity index (χ1) is 11.2. The molecular formula is C17H17ClN4O. The van der Waals surface area contributed by atoms with E-state index in [1.807, 2.05) is 35.2 Å². The minimum atomic E-state index is 0.0133. The first-order valence-corrected chi connectivity index (χ1v) is 7.85. The van der Waals surface area contributed by atoms with Gasteiger partial charge in [0.2, 0.25) is 5.91 Å². The Hall–Kier alpha value is -2.40. The molecule has 1 saturated heterocycles. The van der Waals surface area contributed by atoms with E-state index >= 15 is 0 Å². The minimum Gasteiger partial charge on any atom is -0.353 e. The molecule has 1 amide bonds. The Morgan fingerprint density at radius 1 is 1.09 bits per heavy atom. The highest BCUT2D eigenvalue weighted by atomic mass is 35.5. The average Bonchev–Trinajstić information content (AvgIpc) is 2.61. The smallest absolute Gasteiger partial charge is 0.246 e. The minimum absolute atomic E-state index is 0.0133. The number of carbonyl (C=O) groups is 1. The van der Waals surface area contributed by atoms with E-state index in [9.17, 15) is 4.79 Å². The van der Waals surface area contributed by atoms with Crippen molar-refractivity contribution in [2.45, 2.75) is 0 Å². The lowest BCUT2D eigenvalue weighted by molar-refractivity contribution is -0.126. The van der Waals surface area contributed by atoms with E-state index in [-0.39, 0.29) is 5.91 Å². The molecule has 5 nitrogen and oxygen atoms in total. The van der Waals surface area contributed by atoms with E-state index in [2.05, 4.69) is 14.9 Å². The van der Waals surface area contributed by atoms with E-state index in [0.29, 0.717) is 18.1 Å². The molecule has 1 aliphatic heterocycles. The molecule has 3 rings (SSSR count). The van der Waals surface area contributed by atoms with Crippen molar-refractivity contribution in [3.05, 3.63) is 59.5 Å². The highest BCUT2D eigenvalue weighted by Crippen LogP contribution is 2.16. The van der Waals surface area contributed by atoms with E-state index in [4.69, 9.17) is 11.6 Å². The summed E-state index contributed by atoms with van der Waals surface area (Å²) >= 11 is 5.85. The van der Waals surface area contributed by atoms with Crippen LogP contribution in [-0.4, -0.2) is 47.0 Å². The van der Waals surface area contributed by atoms with Gasteiger partial charge in [-0.2, -0.15) is 0 Å². The molecule has 23 heavy (non-hydrogen) atoms. The zero-order valence-corrected chi connectivity index (χ0v) is 13.4. The molecule has 0 aromatic carbocycles. The van der Waals surface area contributed by atoms with Gasteiger partial charge in [0.25, 0.3) is 0 Å². The summed E-state index contributed by atoms with van der Waals surface area (Å²) in [5.41, 5.74) is 0.782. The Balaban J connectivity index is 1.55. The lowest BCUT2D eigenvalue weighted by atomic mass is 10.2. The number of halogens is 1. The number of hydrogen-bond acceptors (Lipinski definition) is 4. The number of rotatable bonds is 3. The Morgan fingerprint density at radius 3 is 2.57 bits per heavy atom. The summed E-state index contributed by atoms with van der Waals surface area (Å²) in [4.78, 5) is 24.7. The molecule has 1 fully saturated rings. The van der Waals surface area contributed by atoms with Crippen LogP contribution in [0.4, 0.5) is 5.82 Å². The first kappa shape index (κ1) is 15.5. The Kier molecular flexibility index (Phi) is 4.88. The molecular weight excluding hydrogens is 312 g/mol. The van der Waals surface area contributed by atoms with Gasteiger partial charge in [-0.25, -0.2) is 4.98 Å². The lowest BCUT2D eigenvalue weighted by Gasteiger charge is -2.34. The molecule has 0 aliphatic carbocycles. The zero-order valence-electron chi connectivity index (χ0n) is 12.6. The van der Waals surface area contributed by atoms with Crippen molar-refractivity contribution < 1.29 is 4.79 Å². The predicted octanol–water partition coefficient (Wildman–Crippen LogP) is 2.49. The van der Waals surface area contributed by atoms with Gasteiger partial charge in [-0.05, 0) is 30.3 Å². The van der Waals surface area contributed by atoms with E-state index in [1.165, 1.54) is 0 Å². The second-order valence-corrected chi connectivity index (χ2v) is 5.67. The number of carbonyl (C=O) groups excluding carboxylic acids is 1. The molecule has 118 valence electrons. The summed E-state index contributed by atoms with van der Waals surface area (Å²) in [6.07, 6.45) is 6.68. The van der Waals surface area contributed by atoms with Gasteiger partial charge in [0.05, 0.1) is 10.7 Å². The molecule has 2 aromatic rings. The number of amides is 1. The van der Waals surface area contributed by atoms with Crippen molar-refractivity contribution in [2.24, 2.45) is 0 Å². The quantitative estimate of drug-likeness (QED) is 0.812. The van der Waals surface area contributed by atoms with Crippen LogP contribution in [0, 0.1) is 0 Å². The van der Waals surface area contributed by atoms with E-state index in [0.717, 1.165) is 24.6 Å². The molecule has 3 heterocycles. The first-order valence-electron chi connectivity index (χ1n) is 7.47. The number of hydrogen-bond donors (Lipinski definition) is 0. The standard InChI is InChI=1S/C17H17ClN4O/c18-14-4-6-16(20-13-14)21-9-11-22(12-10-21)17(23)7-5-15-3-1-2-8-19-15/h1-8,13H,9-12H2. The van der Waals surface area contributed by atoms with Crippen molar-refractivity contribution in [1.82, 2.24) is 14.9 Å². The van der Waals surface area contributed by atoms with Crippen molar-refractivity contribution in [3.8, 4) is 0 Å². The molecule has 0 unspecified atom stereocenters. The van der Waals surface area contributed by atoms with Gasteiger partial charge in [-0.15, -0.1) is 0 Å². The van der Waals surface area contributed by atoms with Crippen LogP contribution in [0.15, 0.2) is 48.8 Å². The van der Waals surface area contributed by atoms with Crippen LogP contribution in [0.2, 0.25) is 5.02 Å². The summed E-state index contributed by atoms with van der Waals surface area (Å²) in [6, 6.07) is 9.35. The maximum Gasteiger partial charge on any atom is 0.246 e. The number of piperazine rings is 1. The van der Waals surface area contributed by atoms with Crippen LogP contribution in [0.1, 0.15) is 5.69 Å². The summed E-state index contributed by atoms with van der Waals surface area (Å²) in [6.45, 7) is 2.88. The average molecular weight is 329 g/mol. The van der Waals surface area contributed by atoms with E-state index < -0.39 is 0 Å². The Labute approximate surface area is 140 Å². The third-order valence-corrected chi connectivity index (χ3v) is 3.94. The maximum absolute atomic E-state index is 12.2. The highest BCUT2D eigenvalue weighted by Gasteiger charge is 2.20. The Bertz CT molecular complexity index is 679. The summed E-state index contributed by atoms with van der Waals surface area (Å²) < 4.78 is 0. The Morgan fingerprint density at radius 2 is 1.91 bits per heavy atom. The second kappa shape index (κ2) is 7.24. The topological polar surface area (TPSA) is 49.3 Å². The molecule has 0 radical (unpaired) electrons. The number of pyridine rings is 2. The molecule has 0 bridgehead atoms. The fraction of sp³-hybridized carbons (Fsp3) is 0.235. The second-order valence-electron chi connectivity index (χ2n) is 5.23. The molecule has 0 N–H and O–H groups in total. The molecule has 2 aromatic heterocycles. The van der Waals surface area contributed by atoms with Gasteiger partial charge in [-0.1, -0.05) is 17.7 Å². The number of aromatic nitrogens is 2. The van der Waals surface area contributed by atoms with Crippen molar-refractivity contribution in [1.29, 1.82) is 0 Å². The van der Waals surface area contributed by atoms with Crippen LogP contribution < -0.4 is 4.90 Å². The van der Waals surface area contributed by atoms with Gasteiger partial charge >= 0.3 is 0 Å². The van der Waals surface area contributed by atoms with Crippen LogP contribution in [0.5, 0.6) is 0 Å². The van der Waals surface area contributed by atoms with Gasteiger partial charge in [0, 0.05) is 44.6 Å². The maximum atomic E-state index is 12.2. The SMILES string of the molecule is O=C(C=Cc1ccccn1)N1CCN(c2ccc(Cl)cn2)CC1. The van der Waals surface area contributed by atoms with Crippen LogP contribution in [-0.2, 0) is 4.79 Å². The monoisotopic (exact) mass is 328 g/mol. The fourth-order valence-electron chi connectivity index (χ4n) is 2.45. The summed E-state index contributed by atoms with van der Waals surface area (Å²) in [5.74, 6) is 0.907. The fourth-order valence-corrected chi connectivity index (χ4v) is 2.56. The van der Waals surface area contributed by atoms with Gasteiger partial charge in [0.1, 0.15) is 5.82 Å². The largest absolute Gasteiger partial charge is 0.353 e. The van der Waals surface area contributed by atoms with Gasteiger partial charge in [0.15, 0.2) is 0 Å². The van der Waals surface area contributed by atoms with E-state index in [1.54, 1.807) is 24.5 Å². The summed E-state index contributed by atoms with van der Waals surface area (Å²) in [5, 5.41) is 0.627. The zero-order chi connectivity index (χ0) is 16.1. The van der Waals surface area contributed by atoms with Crippen LogP contribution in [0.3, 0.4) is 0 Å². The predicted molar refractivity (Wildman–Crippen MR) is 91.3 cm³/mol. The third-order valence-electron chi connectivity index (χ3n) is 3.71. The molecule has 1 aliphatic rings. The van der Waals surface area contributed by atoms with Crippen molar-refractivity contribution >= 4 is 29.4 Å². The highest BCUT2D eigenvalue weighted by molar-refractivity contribution is 6.30. The van der Waals surface area contributed by atoms with Crippen LogP contribution in [0.25, 0.3) is 6.08 Å². The summed E-state index contributed by atoms with van der Waals surface area (Å²) in [7, 11) is 0. The molecule has 6 heteroatoms. The number of nitrogens with zero attached hydrogens (tertiary/aromatic N) is 4. The van der Waals surface area contributed by atoms with Crippen molar-refractivity contribution in [3.63, 3.8) is 0 Å². The lowest BCUT2D eigenvalue weighted by Crippen LogP contribution is -2.48. The number of anilines is 1. The third kappa shape index (κ3) is 4.07. The van der Waals surface area contributed by atoms with Crippen molar-refractivity contribution in [2.75, 3.05) is 31.1 Å².